The lowest BCUT2D eigenvalue weighted by molar-refractivity contribution is -0.118. The van der Waals surface area contributed by atoms with Gasteiger partial charge in [-0.15, -0.1) is 0 Å². The lowest BCUT2D eigenvalue weighted by atomic mass is 10.0. The molecule has 0 spiro atoms. The number of rotatable bonds is 15. The number of unbranched alkanes of at least 4 members (excludes halogenated alkanes) is 9. The van der Waals surface area contributed by atoms with Gasteiger partial charge in [0.2, 0.25) is 5.91 Å². The standard InChI is InChI=1S/C17H35NO2/c1-2-3-10-13-16(19)14-11-8-6-4-5-7-9-12-15-17(18)20/h16,19H,2-15H2,1H3,(H2,18,20). The van der Waals surface area contributed by atoms with Gasteiger partial charge in [0.05, 0.1) is 6.10 Å². The molecule has 0 aliphatic rings. The van der Waals surface area contributed by atoms with Crippen molar-refractivity contribution in [1.29, 1.82) is 0 Å². The molecule has 0 aromatic carbocycles. The van der Waals surface area contributed by atoms with Crippen molar-refractivity contribution < 1.29 is 9.90 Å². The Bertz CT molecular complexity index is 219. The zero-order chi connectivity index (χ0) is 15.1. The molecule has 0 aliphatic heterocycles. The minimum atomic E-state index is -0.178. The monoisotopic (exact) mass is 285 g/mol. The van der Waals surface area contributed by atoms with Crippen LogP contribution in [0.4, 0.5) is 0 Å². The Labute approximate surface area is 125 Å². The van der Waals surface area contributed by atoms with Crippen molar-refractivity contribution in [3.05, 3.63) is 0 Å². The first-order valence-electron chi connectivity index (χ1n) is 8.63. The summed E-state index contributed by atoms with van der Waals surface area (Å²) in [6.07, 6.45) is 15.6. The normalized spacial score (nSPS) is 12.5. The number of aliphatic hydroxyl groups is 1. The molecule has 1 unspecified atom stereocenters. The number of carbonyl (C=O) groups is 1. The fourth-order valence-electron chi connectivity index (χ4n) is 2.51. The Kier molecular flexibility index (Phi) is 14.4. The highest BCUT2D eigenvalue weighted by Crippen LogP contribution is 2.13. The molecular formula is C17H35NO2. The Morgan fingerprint density at radius 3 is 1.80 bits per heavy atom. The van der Waals surface area contributed by atoms with E-state index in [1.807, 2.05) is 0 Å². The fraction of sp³-hybridized carbons (Fsp3) is 0.941. The van der Waals surface area contributed by atoms with E-state index in [9.17, 15) is 9.90 Å². The molecule has 0 aromatic heterocycles. The summed E-state index contributed by atoms with van der Waals surface area (Å²) in [5, 5.41) is 9.78. The van der Waals surface area contributed by atoms with E-state index in [0.717, 1.165) is 32.1 Å². The molecular weight excluding hydrogens is 250 g/mol. The molecule has 0 aliphatic carbocycles. The molecule has 1 atom stereocenters. The van der Waals surface area contributed by atoms with Crippen LogP contribution in [0.3, 0.4) is 0 Å². The first kappa shape index (κ1) is 19.4. The summed E-state index contributed by atoms with van der Waals surface area (Å²) in [5.74, 6) is -0.178. The van der Waals surface area contributed by atoms with Gasteiger partial charge in [-0.25, -0.2) is 0 Å². The quantitative estimate of drug-likeness (QED) is 0.440. The molecule has 0 fully saturated rings. The Morgan fingerprint density at radius 1 is 0.850 bits per heavy atom. The van der Waals surface area contributed by atoms with Crippen LogP contribution in [0.1, 0.15) is 96.8 Å². The van der Waals surface area contributed by atoms with Gasteiger partial charge in [-0.05, 0) is 19.3 Å². The van der Waals surface area contributed by atoms with Gasteiger partial charge >= 0.3 is 0 Å². The SMILES string of the molecule is CCCCCC(O)CCCCCCCCCCC(N)=O. The second-order valence-corrected chi connectivity index (χ2v) is 5.98. The molecule has 120 valence electrons. The zero-order valence-corrected chi connectivity index (χ0v) is 13.4. The molecule has 0 saturated carbocycles. The van der Waals surface area contributed by atoms with Crippen LogP contribution in [0.25, 0.3) is 0 Å². The van der Waals surface area contributed by atoms with Crippen LogP contribution >= 0.6 is 0 Å². The summed E-state index contributed by atoms with van der Waals surface area (Å²) in [7, 11) is 0. The lowest BCUT2D eigenvalue weighted by Gasteiger charge is -2.09. The summed E-state index contributed by atoms with van der Waals surface area (Å²) in [5.41, 5.74) is 5.09. The van der Waals surface area contributed by atoms with E-state index in [0.29, 0.717) is 6.42 Å². The van der Waals surface area contributed by atoms with Crippen LogP contribution in [0.15, 0.2) is 0 Å². The number of amides is 1. The van der Waals surface area contributed by atoms with Gasteiger partial charge in [-0.2, -0.15) is 0 Å². The van der Waals surface area contributed by atoms with Crippen LogP contribution < -0.4 is 5.73 Å². The third-order valence-electron chi connectivity index (χ3n) is 3.85. The van der Waals surface area contributed by atoms with E-state index in [1.54, 1.807) is 0 Å². The van der Waals surface area contributed by atoms with E-state index in [4.69, 9.17) is 5.73 Å². The number of hydrogen-bond donors (Lipinski definition) is 2. The van der Waals surface area contributed by atoms with Crippen LogP contribution in [0.5, 0.6) is 0 Å². The first-order chi connectivity index (χ1) is 9.66. The van der Waals surface area contributed by atoms with Crippen molar-refractivity contribution in [3.63, 3.8) is 0 Å². The van der Waals surface area contributed by atoms with Gasteiger partial charge in [0.1, 0.15) is 0 Å². The summed E-state index contributed by atoms with van der Waals surface area (Å²) in [6, 6.07) is 0. The highest BCUT2D eigenvalue weighted by molar-refractivity contribution is 5.73. The Hall–Kier alpha value is -0.570. The van der Waals surface area contributed by atoms with Gasteiger partial charge in [0.25, 0.3) is 0 Å². The molecule has 0 bridgehead atoms. The molecule has 3 N–H and O–H groups in total. The molecule has 20 heavy (non-hydrogen) atoms. The zero-order valence-electron chi connectivity index (χ0n) is 13.4. The maximum absolute atomic E-state index is 10.5. The van der Waals surface area contributed by atoms with E-state index < -0.39 is 0 Å². The van der Waals surface area contributed by atoms with E-state index in [-0.39, 0.29) is 12.0 Å². The van der Waals surface area contributed by atoms with Gasteiger partial charge in [0, 0.05) is 6.42 Å². The van der Waals surface area contributed by atoms with E-state index in [2.05, 4.69) is 6.92 Å². The van der Waals surface area contributed by atoms with E-state index >= 15 is 0 Å². The topological polar surface area (TPSA) is 63.3 Å². The van der Waals surface area contributed by atoms with Crippen LogP contribution in [0, 0.1) is 0 Å². The molecule has 0 heterocycles. The molecule has 0 rings (SSSR count). The Morgan fingerprint density at radius 2 is 1.30 bits per heavy atom. The average molecular weight is 285 g/mol. The van der Waals surface area contributed by atoms with Crippen molar-refractivity contribution >= 4 is 5.91 Å². The van der Waals surface area contributed by atoms with Gasteiger partial charge in [0.15, 0.2) is 0 Å². The first-order valence-corrected chi connectivity index (χ1v) is 8.63. The highest BCUT2D eigenvalue weighted by Gasteiger charge is 2.03. The average Bonchev–Trinajstić information content (AvgIpc) is 2.41. The maximum atomic E-state index is 10.5. The summed E-state index contributed by atoms with van der Waals surface area (Å²) >= 11 is 0. The molecule has 3 nitrogen and oxygen atoms in total. The third kappa shape index (κ3) is 15.5. The van der Waals surface area contributed by atoms with Crippen molar-refractivity contribution in [3.8, 4) is 0 Å². The lowest BCUT2D eigenvalue weighted by Crippen LogP contribution is -2.09. The van der Waals surface area contributed by atoms with Crippen LogP contribution in [0.2, 0.25) is 0 Å². The number of hydrogen-bond acceptors (Lipinski definition) is 2. The molecule has 0 aromatic rings. The molecule has 1 amide bonds. The summed E-state index contributed by atoms with van der Waals surface area (Å²) in [6.45, 7) is 2.19. The van der Waals surface area contributed by atoms with Gasteiger partial charge < -0.3 is 10.8 Å². The predicted molar refractivity (Wildman–Crippen MR) is 85.5 cm³/mol. The highest BCUT2D eigenvalue weighted by atomic mass is 16.3. The molecule has 0 radical (unpaired) electrons. The van der Waals surface area contributed by atoms with Crippen LogP contribution in [-0.2, 0) is 4.79 Å². The minimum Gasteiger partial charge on any atom is -0.393 e. The summed E-state index contributed by atoms with van der Waals surface area (Å²) < 4.78 is 0. The van der Waals surface area contributed by atoms with Crippen molar-refractivity contribution in [2.24, 2.45) is 5.73 Å². The molecule has 0 saturated heterocycles. The third-order valence-corrected chi connectivity index (χ3v) is 3.85. The fourth-order valence-corrected chi connectivity index (χ4v) is 2.51. The van der Waals surface area contributed by atoms with Crippen molar-refractivity contribution in [2.75, 3.05) is 0 Å². The van der Waals surface area contributed by atoms with Gasteiger partial charge in [-0.1, -0.05) is 71.1 Å². The number of nitrogens with two attached hydrogens (primary N) is 1. The van der Waals surface area contributed by atoms with E-state index in [1.165, 1.54) is 51.4 Å². The van der Waals surface area contributed by atoms with Gasteiger partial charge in [-0.3, -0.25) is 4.79 Å². The Balaban J connectivity index is 3.10. The van der Waals surface area contributed by atoms with Crippen molar-refractivity contribution in [2.45, 2.75) is 103 Å². The molecule has 3 heteroatoms. The number of primary amides is 1. The van der Waals surface area contributed by atoms with Crippen molar-refractivity contribution in [1.82, 2.24) is 0 Å². The minimum absolute atomic E-state index is 0.0738. The smallest absolute Gasteiger partial charge is 0.217 e. The van der Waals surface area contributed by atoms with Crippen LogP contribution in [-0.4, -0.2) is 17.1 Å². The summed E-state index contributed by atoms with van der Waals surface area (Å²) in [4.78, 5) is 10.5. The number of aliphatic hydroxyl groups excluding tert-OH is 1. The largest absolute Gasteiger partial charge is 0.393 e. The maximum Gasteiger partial charge on any atom is 0.217 e. The predicted octanol–water partition coefficient (Wildman–Crippen LogP) is 4.31. The number of carbonyl (C=O) groups excluding carboxylic acids is 1. The second kappa shape index (κ2) is 14.8. The second-order valence-electron chi connectivity index (χ2n) is 5.98.